The molecule has 4 aromatic rings. The number of methoxy groups -OCH3 is 1. The standard InChI is InChI=1S/C19H20ClN5O/c1-10(2)19-24-16(17-18(21)22-6-7-25(17)19)15-14(20)12-5-4-11(9-26-3)8-13(12)23-15/h4-8,10,23H,9H2,1-3H3,(H2,21,22). The zero-order valence-corrected chi connectivity index (χ0v) is 15.6. The van der Waals surface area contributed by atoms with Gasteiger partial charge >= 0.3 is 0 Å². The first-order chi connectivity index (χ1) is 12.5. The lowest BCUT2D eigenvalue weighted by Crippen LogP contribution is -1.99. The van der Waals surface area contributed by atoms with Crippen molar-refractivity contribution < 1.29 is 4.74 Å². The van der Waals surface area contributed by atoms with Gasteiger partial charge < -0.3 is 15.5 Å². The summed E-state index contributed by atoms with van der Waals surface area (Å²) in [4.78, 5) is 12.5. The zero-order chi connectivity index (χ0) is 18.4. The summed E-state index contributed by atoms with van der Waals surface area (Å²) in [6.07, 6.45) is 3.56. The highest BCUT2D eigenvalue weighted by atomic mass is 35.5. The quantitative estimate of drug-likeness (QED) is 0.559. The molecule has 1 aromatic carbocycles. The third kappa shape index (κ3) is 2.53. The van der Waals surface area contributed by atoms with E-state index in [2.05, 4.69) is 23.8 Å². The monoisotopic (exact) mass is 369 g/mol. The fraction of sp³-hybridized carbons (Fsp3) is 0.263. The maximum absolute atomic E-state index is 6.69. The van der Waals surface area contributed by atoms with Gasteiger partial charge in [0.2, 0.25) is 0 Å². The fourth-order valence-corrected chi connectivity index (χ4v) is 3.60. The van der Waals surface area contributed by atoms with Crippen molar-refractivity contribution in [3.8, 4) is 11.4 Å². The number of rotatable bonds is 4. The molecule has 0 saturated heterocycles. The van der Waals surface area contributed by atoms with Gasteiger partial charge in [0.15, 0.2) is 0 Å². The van der Waals surface area contributed by atoms with Gasteiger partial charge in [0.1, 0.15) is 22.9 Å². The molecule has 0 bridgehead atoms. The van der Waals surface area contributed by atoms with Crippen LogP contribution in [0.15, 0.2) is 30.6 Å². The van der Waals surface area contributed by atoms with Gasteiger partial charge in [-0.25, -0.2) is 9.97 Å². The number of benzene rings is 1. The van der Waals surface area contributed by atoms with Gasteiger partial charge in [-0.2, -0.15) is 0 Å². The van der Waals surface area contributed by atoms with E-state index in [9.17, 15) is 0 Å². The predicted octanol–water partition coefficient (Wildman–Crippen LogP) is 4.38. The third-order valence-electron chi connectivity index (χ3n) is 4.47. The second-order valence-electron chi connectivity index (χ2n) is 6.63. The van der Waals surface area contributed by atoms with Gasteiger partial charge in [0.05, 0.1) is 17.3 Å². The molecule has 0 saturated carbocycles. The molecule has 0 unspecified atom stereocenters. The number of hydrogen-bond donors (Lipinski definition) is 2. The number of aromatic nitrogens is 4. The van der Waals surface area contributed by atoms with E-state index in [1.54, 1.807) is 13.3 Å². The summed E-state index contributed by atoms with van der Waals surface area (Å²) >= 11 is 6.69. The Bertz CT molecular complexity index is 1110. The minimum absolute atomic E-state index is 0.231. The Labute approximate surface area is 156 Å². The molecule has 3 heterocycles. The normalized spacial score (nSPS) is 11.9. The molecular weight excluding hydrogens is 350 g/mol. The second-order valence-corrected chi connectivity index (χ2v) is 7.01. The molecule has 0 amide bonds. The SMILES string of the molecule is COCc1ccc2c(Cl)c(-c3nc(C(C)C)n4ccnc(N)c34)[nH]c2c1. The molecule has 4 rings (SSSR count). The molecule has 134 valence electrons. The number of fused-ring (bicyclic) bond motifs is 2. The number of aromatic amines is 1. The Kier molecular flexibility index (Phi) is 4.09. The van der Waals surface area contributed by atoms with E-state index in [1.165, 1.54) is 0 Å². The van der Waals surface area contributed by atoms with E-state index < -0.39 is 0 Å². The minimum Gasteiger partial charge on any atom is -0.382 e. The summed E-state index contributed by atoms with van der Waals surface area (Å²) in [5.41, 5.74) is 10.4. The summed E-state index contributed by atoms with van der Waals surface area (Å²) in [6.45, 7) is 4.74. The highest BCUT2D eigenvalue weighted by molar-refractivity contribution is 6.38. The first-order valence-electron chi connectivity index (χ1n) is 8.43. The van der Waals surface area contributed by atoms with E-state index in [1.807, 2.05) is 28.8 Å². The van der Waals surface area contributed by atoms with Gasteiger partial charge in [-0.1, -0.05) is 37.6 Å². The number of imidazole rings is 1. The van der Waals surface area contributed by atoms with E-state index >= 15 is 0 Å². The molecule has 0 atom stereocenters. The molecule has 3 N–H and O–H groups in total. The molecule has 0 radical (unpaired) electrons. The largest absolute Gasteiger partial charge is 0.382 e. The Morgan fingerprint density at radius 1 is 1.35 bits per heavy atom. The van der Waals surface area contributed by atoms with Crippen LogP contribution in [-0.2, 0) is 11.3 Å². The van der Waals surface area contributed by atoms with Crippen molar-refractivity contribution in [1.29, 1.82) is 0 Å². The molecule has 3 aromatic heterocycles. The lowest BCUT2D eigenvalue weighted by Gasteiger charge is -2.04. The van der Waals surface area contributed by atoms with E-state index in [-0.39, 0.29) is 5.92 Å². The van der Waals surface area contributed by atoms with Crippen LogP contribution in [-0.4, -0.2) is 26.5 Å². The van der Waals surface area contributed by atoms with Crippen LogP contribution in [0, 0.1) is 0 Å². The highest BCUT2D eigenvalue weighted by Gasteiger charge is 2.22. The number of anilines is 1. The number of nitrogen functional groups attached to an aromatic ring is 1. The van der Waals surface area contributed by atoms with Crippen LogP contribution in [0.4, 0.5) is 5.82 Å². The maximum atomic E-state index is 6.69. The van der Waals surface area contributed by atoms with E-state index in [4.69, 9.17) is 27.1 Å². The number of nitrogens with zero attached hydrogens (tertiary/aromatic N) is 3. The molecule has 0 aliphatic heterocycles. The summed E-state index contributed by atoms with van der Waals surface area (Å²) < 4.78 is 7.20. The van der Waals surface area contributed by atoms with Crippen molar-refractivity contribution in [3.05, 3.63) is 47.0 Å². The fourth-order valence-electron chi connectivity index (χ4n) is 3.30. The molecule has 6 nitrogen and oxygen atoms in total. The van der Waals surface area contributed by atoms with Crippen LogP contribution in [0.1, 0.15) is 31.2 Å². The Balaban J connectivity index is 1.99. The summed E-state index contributed by atoms with van der Waals surface area (Å²) in [5.74, 6) is 1.57. The summed E-state index contributed by atoms with van der Waals surface area (Å²) in [6, 6.07) is 6.04. The number of hydrogen-bond acceptors (Lipinski definition) is 4. The number of nitrogens with two attached hydrogens (primary N) is 1. The van der Waals surface area contributed by atoms with Crippen LogP contribution in [0.3, 0.4) is 0 Å². The Morgan fingerprint density at radius 3 is 2.88 bits per heavy atom. The van der Waals surface area contributed by atoms with Crippen molar-refractivity contribution in [2.24, 2.45) is 0 Å². The topological polar surface area (TPSA) is 81.2 Å². The lowest BCUT2D eigenvalue weighted by molar-refractivity contribution is 0.185. The first-order valence-corrected chi connectivity index (χ1v) is 8.81. The van der Waals surface area contributed by atoms with Crippen LogP contribution >= 0.6 is 11.6 Å². The molecular formula is C19H20ClN5O. The predicted molar refractivity (Wildman–Crippen MR) is 105 cm³/mol. The van der Waals surface area contributed by atoms with Crippen LogP contribution in [0.25, 0.3) is 27.8 Å². The van der Waals surface area contributed by atoms with E-state index in [0.717, 1.165) is 33.5 Å². The average molecular weight is 370 g/mol. The third-order valence-corrected chi connectivity index (χ3v) is 4.87. The Morgan fingerprint density at radius 2 is 2.15 bits per heavy atom. The molecule has 26 heavy (non-hydrogen) atoms. The molecule has 0 fully saturated rings. The van der Waals surface area contributed by atoms with Gasteiger partial charge in [0.25, 0.3) is 0 Å². The minimum atomic E-state index is 0.231. The van der Waals surface area contributed by atoms with Crippen molar-refractivity contribution in [2.75, 3.05) is 12.8 Å². The second kappa shape index (κ2) is 6.30. The first kappa shape index (κ1) is 16.9. The zero-order valence-electron chi connectivity index (χ0n) is 14.9. The lowest BCUT2D eigenvalue weighted by atomic mass is 10.1. The molecule has 7 heteroatoms. The number of ether oxygens (including phenoxy) is 1. The van der Waals surface area contributed by atoms with Crippen LogP contribution < -0.4 is 5.73 Å². The van der Waals surface area contributed by atoms with Crippen molar-refractivity contribution in [1.82, 2.24) is 19.4 Å². The van der Waals surface area contributed by atoms with Gasteiger partial charge in [0, 0.05) is 36.3 Å². The van der Waals surface area contributed by atoms with Gasteiger partial charge in [-0.3, -0.25) is 4.40 Å². The molecule has 0 aliphatic rings. The average Bonchev–Trinajstić information content (AvgIpc) is 3.14. The number of H-pyrrole nitrogens is 1. The molecule has 0 aliphatic carbocycles. The number of halogens is 1. The van der Waals surface area contributed by atoms with Crippen molar-refractivity contribution in [3.63, 3.8) is 0 Å². The van der Waals surface area contributed by atoms with Crippen molar-refractivity contribution >= 4 is 33.8 Å². The van der Waals surface area contributed by atoms with Gasteiger partial charge in [-0.15, -0.1) is 0 Å². The highest BCUT2D eigenvalue weighted by Crippen LogP contribution is 2.38. The summed E-state index contributed by atoms with van der Waals surface area (Å²) in [7, 11) is 1.68. The molecule has 0 spiro atoms. The smallest absolute Gasteiger partial charge is 0.150 e. The van der Waals surface area contributed by atoms with Crippen molar-refractivity contribution in [2.45, 2.75) is 26.4 Å². The summed E-state index contributed by atoms with van der Waals surface area (Å²) in [5, 5.41) is 1.57. The van der Waals surface area contributed by atoms with E-state index in [0.29, 0.717) is 23.1 Å². The van der Waals surface area contributed by atoms with Gasteiger partial charge in [-0.05, 0) is 11.6 Å². The van der Waals surface area contributed by atoms with Crippen LogP contribution in [0.2, 0.25) is 5.02 Å². The number of nitrogens with one attached hydrogen (secondary N) is 1. The maximum Gasteiger partial charge on any atom is 0.150 e. The van der Waals surface area contributed by atoms with Crippen LogP contribution in [0.5, 0.6) is 0 Å². The Hall–Kier alpha value is -2.57.